The minimum absolute atomic E-state index is 0.467. The standard InChI is InChI=1S/C14H20N4O/c1-3-8-15-10-13-17-18-14(19-13)16-9-12-6-4-11(2)5-7-12/h4-7,15H,3,8-10H2,1-2H3,(H,16,18). The van der Waals surface area contributed by atoms with Crippen molar-refractivity contribution in [2.75, 3.05) is 11.9 Å². The second-order valence-corrected chi connectivity index (χ2v) is 4.52. The molecule has 0 radical (unpaired) electrons. The number of hydrogen-bond acceptors (Lipinski definition) is 5. The first-order valence-corrected chi connectivity index (χ1v) is 6.60. The lowest BCUT2D eigenvalue weighted by Crippen LogP contribution is -2.13. The molecule has 0 aliphatic heterocycles. The molecule has 0 spiro atoms. The van der Waals surface area contributed by atoms with Crippen LogP contribution in [0.25, 0.3) is 0 Å². The molecule has 0 saturated heterocycles. The number of nitrogens with zero attached hydrogens (tertiary/aromatic N) is 2. The van der Waals surface area contributed by atoms with Crippen molar-refractivity contribution in [2.24, 2.45) is 0 Å². The average molecular weight is 260 g/mol. The van der Waals surface area contributed by atoms with Crippen LogP contribution in [0.2, 0.25) is 0 Å². The molecule has 5 heteroatoms. The Labute approximate surface area is 113 Å². The van der Waals surface area contributed by atoms with Gasteiger partial charge in [-0.2, -0.15) is 0 Å². The Morgan fingerprint density at radius 2 is 1.89 bits per heavy atom. The molecule has 0 atom stereocenters. The summed E-state index contributed by atoms with van der Waals surface area (Å²) in [7, 11) is 0. The Morgan fingerprint density at radius 3 is 2.63 bits per heavy atom. The lowest BCUT2D eigenvalue weighted by atomic mass is 10.1. The molecule has 2 N–H and O–H groups in total. The van der Waals surface area contributed by atoms with Crippen LogP contribution in [-0.2, 0) is 13.1 Å². The van der Waals surface area contributed by atoms with E-state index in [1.54, 1.807) is 0 Å². The monoisotopic (exact) mass is 260 g/mol. The van der Waals surface area contributed by atoms with Crippen molar-refractivity contribution >= 4 is 6.01 Å². The zero-order valence-electron chi connectivity index (χ0n) is 11.4. The molecule has 1 aromatic carbocycles. The highest BCUT2D eigenvalue weighted by molar-refractivity contribution is 5.26. The molecule has 19 heavy (non-hydrogen) atoms. The van der Waals surface area contributed by atoms with Gasteiger partial charge in [0.2, 0.25) is 5.89 Å². The molecule has 0 aliphatic carbocycles. The molecule has 0 amide bonds. The van der Waals surface area contributed by atoms with Crippen molar-refractivity contribution in [1.82, 2.24) is 15.5 Å². The van der Waals surface area contributed by atoms with Crippen molar-refractivity contribution in [2.45, 2.75) is 33.4 Å². The van der Waals surface area contributed by atoms with Crippen molar-refractivity contribution in [3.05, 3.63) is 41.3 Å². The minimum atomic E-state index is 0.467. The van der Waals surface area contributed by atoms with Crippen LogP contribution < -0.4 is 10.6 Å². The molecular formula is C14H20N4O. The molecule has 1 aromatic heterocycles. The Kier molecular flexibility index (Phi) is 4.92. The van der Waals surface area contributed by atoms with Gasteiger partial charge < -0.3 is 15.1 Å². The molecule has 1 heterocycles. The van der Waals surface area contributed by atoms with Gasteiger partial charge in [0.05, 0.1) is 6.54 Å². The summed E-state index contributed by atoms with van der Waals surface area (Å²) in [5.74, 6) is 0.611. The second-order valence-electron chi connectivity index (χ2n) is 4.52. The topological polar surface area (TPSA) is 63.0 Å². The Morgan fingerprint density at radius 1 is 1.11 bits per heavy atom. The largest absolute Gasteiger partial charge is 0.407 e. The van der Waals surface area contributed by atoms with Crippen molar-refractivity contribution < 1.29 is 4.42 Å². The number of aryl methyl sites for hydroxylation is 1. The summed E-state index contributed by atoms with van der Waals surface area (Å²) in [4.78, 5) is 0. The van der Waals surface area contributed by atoms with Crippen molar-refractivity contribution in [3.8, 4) is 0 Å². The average Bonchev–Trinajstić information content (AvgIpc) is 2.86. The highest BCUT2D eigenvalue weighted by Crippen LogP contribution is 2.09. The Balaban J connectivity index is 1.81. The third-order valence-corrected chi connectivity index (χ3v) is 2.73. The Hall–Kier alpha value is -1.88. The van der Waals surface area contributed by atoms with Gasteiger partial charge in [0.25, 0.3) is 0 Å². The third kappa shape index (κ3) is 4.37. The van der Waals surface area contributed by atoms with Crippen LogP contribution in [0.5, 0.6) is 0 Å². The number of benzene rings is 1. The first-order chi connectivity index (χ1) is 9.28. The normalized spacial score (nSPS) is 10.6. The van der Waals surface area contributed by atoms with Crippen molar-refractivity contribution in [1.29, 1.82) is 0 Å². The number of hydrogen-bond donors (Lipinski definition) is 2. The van der Waals surface area contributed by atoms with E-state index < -0.39 is 0 Å². The predicted molar refractivity (Wildman–Crippen MR) is 74.8 cm³/mol. The number of anilines is 1. The summed E-state index contributed by atoms with van der Waals surface area (Å²) >= 11 is 0. The van der Waals surface area contributed by atoms with Gasteiger partial charge in [-0.15, -0.1) is 5.10 Å². The lowest BCUT2D eigenvalue weighted by molar-refractivity contribution is 0.477. The first-order valence-electron chi connectivity index (χ1n) is 6.60. The summed E-state index contributed by atoms with van der Waals surface area (Å²) in [6, 6.07) is 8.81. The third-order valence-electron chi connectivity index (χ3n) is 2.73. The van der Waals surface area contributed by atoms with E-state index in [2.05, 4.69) is 58.9 Å². The van der Waals surface area contributed by atoms with Gasteiger partial charge in [0.15, 0.2) is 0 Å². The van der Waals surface area contributed by atoms with E-state index in [4.69, 9.17) is 4.42 Å². The molecule has 2 rings (SSSR count). The maximum Gasteiger partial charge on any atom is 0.315 e. The molecule has 0 aliphatic rings. The van der Waals surface area contributed by atoms with Gasteiger partial charge in [-0.3, -0.25) is 0 Å². The van der Waals surface area contributed by atoms with Crippen LogP contribution in [0, 0.1) is 6.92 Å². The molecule has 0 bridgehead atoms. The van der Waals surface area contributed by atoms with Gasteiger partial charge in [0.1, 0.15) is 0 Å². The van der Waals surface area contributed by atoms with Crippen LogP contribution in [0.3, 0.4) is 0 Å². The van der Waals surface area contributed by atoms with Crippen LogP contribution >= 0.6 is 0 Å². The number of aromatic nitrogens is 2. The fourth-order valence-electron chi connectivity index (χ4n) is 1.65. The van der Waals surface area contributed by atoms with Crippen LogP contribution in [-0.4, -0.2) is 16.7 Å². The van der Waals surface area contributed by atoms with Gasteiger partial charge in [-0.25, -0.2) is 0 Å². The highest BCUT2D eigenvalue weighted by Gasteiger charge is 2.04. The van der Waals surface area contributed by atoms with E-state index >= 15 is 0 Å². The quantitative estimate of drug-likeness (QED) is 0.749. The summed E-state index contributed by atoms with van der Waals surface area (Å²) in [5.41, 5.74) is 2.44. The molecule has 0 unspecified atom stereocenters. The van der Waals surface area contributed by atoms with E-state index in [1.165, 1.54) is 11.1 Å². The summed E-state index contributed by atoms with van der Waals surface area (Å²) < 4.78 is 5.48. The number of rotatable bonds is 7. The second kappa shape index (κ2) is 6.89. The van der Waals surface area contributed by atoms with Crippen LogP contribution in [0.1, 0.15) is 30.4 Å². The fraction of sp³-hybridized carbons (Fsp3) is 0.429. The molecule has 102 valence electrons. The van der Waals surface area contributed by atoms with Gasteiger partial charge in [0, 0.05) is 6.54 Å². The lowest BCUT2D eigenvalue weighted by Gasteiger charge is -2.02. The smallest absolute Gasteiger partial charge is 0.315 e. The van der Waals surface area contributed by atoms with E-state index in [9.17, 15) is 0 Å². The maximum absolute atomic E-state index is 5.48. The zero-order chi connectivity index (χ0) is 13.5. The molecule has 0 saturated carbocycles. The predicted octanol–water partition coefficient (Wildman–Crippen LogP) is 2.49. The van der Waals surface area contributed by atoms with Crippen molar-refractivity contribution in [3.63, 3.8) is 0 Å². The summed E-state index contributed by atoms with van der Waals surface area (Å²) in [6.07, 6.45) is 1.09. The minimum Gasteiger partial charge on any atom is -0.407 e. The SMILES string of the molecule is CCCNCc1nnc(NCc2ccc(C)cc2)o1. The van der Waals surface area contributed by atoms with E-state index in [0.717, 1.165) is 13.0 Å². The van der Waals surface area contributed by atoms with Crippen LogP contribution in [0.4, 0.5) is 6.01 Å². The fourth-order valence-corrected chi connectivity index (χ4v) is 1.65. The maximum atomic E-state index is 5.48. The first kappa shape index (κ1) is 13.5. The molecule has 5 nitrogen and oxygen atoms in total. The van der Waals surface area contributed by atoms with E-state index in [1.807, 2.05) is 0 Å². The zero-order valence-corrected chi connectivity index (χ0v) is 11.4. The van der Waals surface area contributed by atoms with Gasteiger partial charge >= 0.3 is 6.01 Å². The van der Waals surface area contributed by atoms with Gasteiger partial charge in [-0.05, 0) is 25.5 Å². The van der Waals surface area contributed by atoms with Gasteiger partial charge in [-0.1, -0.05) is 41.9 Å². The molecule has 2 aromatic rings. The molecule has 0 fully saturated rings. The summed E-state index contributed by atoms with van der Waals surface area (Å²) in [6.45, 7) is 6.45. The van der Waals surface area contributed by atoms with E-state index in [0.29, 0.717) is 25.0 Å². The number of nitrogens with one attached hydrogen (secondary N) is 2. The Bertz CT molecular complexity index is 492. The highest BCUT2D eigenvalue weighted by atomic mass is 16.4. The molecular weight excluding hydrogens is 240 g/mol. The van der Waals surface area contributed by atoms with E-state index in [-0.39, 0.29) is 0 Å². The van der Waals surface area contributed by atoms with Crippen LogP contribution in [0.15, 0.2) is 28.7 Å². The summed E-state index contributed by atoms with van der Waals surface area (Å²) in [5, 5.41) is 14.3.